The Morgan fingerprint density at radius 2 is 2.05 bits per heavy atom. The fourth-order valence-electron chi connectivity index (χ4n) is 1.67. The van der Waals surface area contributed by atoms with Crippen LogP contribution in [0.3, 0.4) is 0 Å². The van der Waals surface area contributed by atoms with E-state index < -0.39 is 21.7 Å². The summed E-state index contributed by atoms with van der Waals surface area (Å²) >= 11 is 0. The van der Waals surface area contributed by atoms with Gasteiger partial charge < -0.3 is 0 Å². The van der Waals surface area contributed by atoms with Crippen molar-refractivity contribution in [3.8, 4) is 0 Å². The second kappa shape index (κ2) is 5.36. The molecule has 19 heavy (non-hydrogen) atoms. The van der Waals surface area contributed by atoms with Crippen molar-refractivity contribution in [2.75, 3.05) is 6.54 Å². The molecule has 0 saturated heterocycles. The molecule has 1 aromatic carbocycles. The van der Waals surface area contributed by atoms with E-state index in [1.807, 2.05) is 0 Å². The van der Waals surface area contributed by atoms with E-state index in [9.17, 15) is 17.6 Å². The highest BCUT2D eigenvalue weighted by molar-refractivity contribution is 7.92. The molecule has 0 atom stereocenters. The van der Waals surface area contributed by atoms with Crippen LogP contribution < -0.4 is 0 Å². The number of hydrogen-bond donors (Lipinski definition) is 0. The Bertz CT molecular complexity index is 650. The fraction of sp³-hybridized carbons (Fsp3) is 0.154. The van der Waals surface area contributed by atoms with Gasteiger partial charge in [0.2, 0.25) is 0 Å². The van der Waals surface area contributed by atoms with Gasteiger partial charge in [0.1, 0.15) is 5.82 Å². The predicted octanol–water partition coefficient (Wildman–Crippen LogP) is 1.91. The first-order chi connectivity index (χ1) is 9.00. The molecular weight excluding hydrogens is 269 g/mol. The second-order valence-electron chi connectivity index (χ2n) is 3.97. The Hall–Kier alpha value is -1.95. The van der Waals surface area contributed by atoms with E-state index in [0.717, 1.165) is 15.8 Å². The lowest BCUT2D eigenvalue weighted by Crippen LogP contribution is -2.36. The standard InChI is InChI=1S/C13H12FNO3S/c14-12-6-2-1-5-11(12)7-8-13(16)15-9-3-4-10-19(15,17)18/h1-2,4-8,10H,3,9H2/b8-7+. The van der Waals surface area contributed by atoms with E-state index in [-0.39, 0.29) is 12.1 Å². The van der Waals surface area contributed by atoms with Crippen molar-refractivity contribution in [2.45, 2.75) is 6.42 Å². The molecule has 0 saturated carbocycles. The molecule has 0 aromatic heterocycles. The quantitative estimate of drug-likeness (QED) is 0.778. The second-order valence-corrected chi connectivity index (χ2v) is 5.71. The Morgan fingerprint density at radius 1 is 1.32 bits per heavy atom. The molecule has 0 bridgehead atoms. The zero-order chi connectivity index (χ0) is 13.9. The molecule has 4 nitrogen and oxygen atoms in total. The lowest BCUT2D eigenvalue weighted by Gasteiger charge is -2.21. The average molecular weight is 281 g/mol. The van der Waals surface area contributed by atoms with Gasteiger partial charge in [0.15, 0.2) is 0 Å². The van der Waals surface area contributed by atoms with E-state index in [1.54, 1.807) is 6.07 Å². The van der Waals surface area contributed by atoms with E-state index in [2.05, 4.69) is 0 Å². The molecule has 2 rings (SSSR count). The molecule has 0 radical (unpaired) electrons. The molecule has 0 fully saturated rings. The highest BCUT2D eigenvalue weighted by atomic mass is 32.2. The van der Waals surface area contributed by atoms with Crippen LogP contribution in [0.2, 0.25) is 0 Å². The van der Waals surface area contributed by atoms with E-state index >= 15 is 0 Å². The normalized spacial score (nSPS) is 17.8. The number of sulfonamides is 1. The van der Waals surface area contributed by atoms with Crippen molar-refractivity contribution < 1.29 is 17.6 Å². The van der Waals surface area contributed by atoms with Crippen molar-refractivity contribution in [2.24, 2.45) is 0 Å². The maximum absolute atomic E-state index is 13.3. The van der Waals surface area contributed by atoms with Crippen LogP contribution in [0.4, 0.5) is 4.39 Å². The Morgan fingerprint density at radius 3 is 2.74 bits per heavy atom. The minimum absolute atomic E-state index is 0.110. The number of hydrogen-bond acceptors (Lipinski definition) is 3. The van der Waals surface area contributed by atoms with Crippen LogP contribution in [0.15, 0.2) is 41.8 Å². The summed E-state index contributed by atoms with van der Waals surface area (Å²) in [5, 5.41) is 1.01. The van der Waals surface area contributed by atoms with Gasteiger partial charge in [-0.3, -0.25) is 4.79 Å². The minimum atomic E-state index is -3.68. The van der Waals surface area contributed by atoms with Crippen molar-refractivity contribution in [3.05, 3.63) is 53.2 Å². The first kappa shape index (κ1) is 13.5. The maximum Gasteiger partial charge on any atom is 0.260 e. The van der Waals surface area contributed by atoms with Gasteiger partial charge in [0, 0.05) is 23.6 Å². The van der Waals surface area contributed by atoms with Crippen molar-refractivity contribution >= 4 is 22.0 Å². The largest absolute Gasteiger partial charge is 0.269 e. The lowest BCUT2D eigenvalue weighted by molar-refractivity contribution is -0.121. The Kier molecular flexibility index (Phi) is 3.80. The third-order valence-corrected chi connectivity index (χ3v) is 4.14. The third kappa shape index (κ3) is 3.08. The number of benzene rings is 1. The van der Waals surface area contributed by atoms with Crippen molar-refractivity contribution in [1.29, 1.82) is 0 Å². The molecule has 1 amide bonds. The summed E-state index contributed by atoms with van der Waals surface area (Å²) < 4.78 is 37.3. The van der Waals surface area contributed by atoms with Crippen LogP contribution in [0.25, 0.3) is 6.08 Å². The van der Waals surface area contributed by atoms with Crippen LogP contribution >= 0.6 is 0 Å². The van der Waals surface area contributed by atoms with Gasteiger partial charge in [-0.1, -0.05) is 24.3 Å². The van der Waals surface area contributed by atoms with Gasteiger partial charge in [-0.05, 0) is 18.6 Å². The summed E-state index contributed by atoms with van der Waals surface area (Å²) in [6.07, 6.45) is 4.32. The van der Waals surface area contributed by atoms with Crippen LogP contribution in [0, 0.1) is 5.82 Å². The zero-order valence-electron chi connectivity index (χ0n) is 9.99. The summed E-state index contributed by atoms with van der Waals surface area (Å²) in [7, 11) is -3.68. The lowest BCUT2D eigenvalue weighted by atomic mass is 10.2. The van der Waals surface area contributed by atoms with Gasteiger partial charge >= 0.3 is 0 Å². The van der Waals surface area contributed by atoms with Gasteiger partial charge in [-0.2, -0.15) is 0 Å². The number of amides is 1. The molecule has 0 unspecified atom stereocenters. The van der Waals surface area contributed by atoms with E-state index in [1.165, 1.54) is 30.4 Å². The minimum Gasteiger partial charge on any atom is -0.269 e. The van der Waals surface area contributed by atoms with Crippen LogP contribution in [0.5, 0.6) is 0 Å². The molecule has 0 spiro atoms. The number of nitrogens with zero attached hydrogens (tertiary/aromatic N) is 1. The zero-order valence-corrected chi connectivity index (χ0v) is 10.8. The fourth-order valence-corrected chi connectivity index (χ4v) is 2.87. The van der Waals surface area contributed by atoms with Gasteiger partial charge in [0.05, 0.1) is 0 Å². The summed E-state index contributed by atoms with van der Waals surface area (Å²) in [5.41, 5.74) is 0.237. The first-order valence-corrected chi connectivity index (χ1v) is 7.17. The predicted molar refractivity (Wildman–Crippen MR) is 69.8 cm³/mol. The van der Waals surface area contributed by atoms with Crippen LogP contribution in [-0.2, 0) is 14.8 Å². The SMILES string of the molecule is O=C(/C=C/c1ccccc1F)N1CCC=CS1(=O)=O. The van der Waals surface area contributed by atoms with Crippen molar-refractivity contribution in [3.63, 3.8) is 0 Å². The third-order valence-electron chi connectivity index (χ3n) is 2.63. The molecule has 1 aliphatic heterocycles. The van der Waals surface area contributed by atoms with Crippen molar-refractivity contribution in [1.82, 2.24) is 4.31 Å². The molecule has 1 aliphatic rings. The summed E-state index contributed by atoms with van der Waals surface area (Å²) in [6.45, 7) is 0.110. The molecule has 0 N–H and O–H groups in total. The van der Waals surface area contributed by atoms with E-state index in [0.29, 0.717) is 6.42 Å². The Balaban J connectivity index is 2.18. The van der Waals surface area contributed by atoms with Gasteiger partial charge in [0.25, 0.3) is 15.9 Å². The summed E-state index contributed by atoms with van der Waals surface area (Å²) in [6, 6.07) is 5.94. The number of halogens is 1. The highest BCUT2D eigenvalue weighted by Crippen LogP contribution is 2.13. The number of carbonyl (C=O) groups excluding carboxylic acids is 1. The summed E-state index contributed by atoms with van der Waals surface area (Å²) in [4.78, 5) is 11.8. The summed E-state index contributed by atoms with van der Waals surface area (Å²) in [5.74, 6) is -1.14. The maximum atomic E-state index is 13.3. The molecule has 100 valence electrons. The topological polar surface area (TPSA) is 54.5 Å². The molecule has 1 aromatic rings. The average Bonchev–Trinajstić information content (AvgIpc) is 2.37. The molecular formula is C13H12FNO3S. The van der Waals surface area contributed by atoms with E-state index in [4.69, 9.17) is 0 Å². The smallest absolute Gasteiger partial charge is 0.260 e. The van der Waals surface area contributed by atoms with Crippen LogP contribution in [-0.4, -0.2) is 25.2 Å². The number of rotatable bonds is 2. The first-order valence-electron chi connectivity index (χ1n) is 5.66. The molecule has 1 heterocycles. The van der Waals surface area contributed by atoms with Gasteiger partial charge in [-0.15, -0.1) is 0 Å². The number of carbonyl (C=O) groups is 1. The molecule has 0 aliphatic carbocycles. The van der Waals surface area contributed by atoms with Crippen LogP contribution in [0.1, 0.15) is 12.0 Å². The van der Waals surface area contributed by atoms with Gasteiger partial charge in [-0.25, -0.2) is 17.1 Å². The molecule has 6 heteroatoms. The highest BCUT2D eigenvalue weighted by Gasteiger charge is 2.25. The Labute approximate surface area is 110 Å². The monoisotopic (exact) mass is 281 g/mol.